The van der Waals surface area contributed by atoms with Gasteiger partial charge in [0.15, 0.2) is 6.04 Å². The van der Waals surface area contributed by atoms with Crippen molar-refractivity contribution < 1.29 is 23.9 Å². The van der Waals surface area contributed by atoms with Crippen LogP contribution in [0.1, 0.15) is 42.1 Å². The van der Waals surface area contributed by atoms with Gasteiger partial charge in [-0.05, 0) is 29.7 Å². The molecule has 2 rings (SSSR count). The van der Waals surface area contributed by atoms with Crippen LogP contribution >= 0.6 is 0 Å². The second-order valence-electron chi connectivity index (χ2n) is 6.22. The number of benzene rings is 2. The van der Waals surface area contributed by atoms with Gasteiger partial charge in [0.05, 0.1) is 12.5 Å². The molecule has 27 heavy (non-hydrogen) atoms. The van der Waals surface area contributed by atoms with Crippen LogP contribution in [0.25, 0.3) is 0 Å². The van der Waals surface area contributed by atoms with Crippen LogP contribution in [0.5, 0.6) is 0 Å². The maximum absolute atomic E-state index is 13.4. The Morgan fingerprint density at radius 1 is 1.04 bits per heavy atom. The average molecular weight is 372 g/mol. The van der Waals surface area contributed by atoms with Crippen molar-refractivity contribution in [3.63, 3.8) is 0 Å². The van der Waals surface area contributed by atoms with Crippen LogP contribution in [0.3, 0.4) is 0 Å². The number of nitrogens with one attached hydrogen (secondary N) is 2. The molecule has 3 N–H and O–H groups in total. The van der Waals surface area contributed by atoms with Gasteiger partial charge in [-0.1, -0.05) is 42.5 Å². The third-order valence-electron chi connectivity index (χ3n) is 4.04. The maximum Gasteiger partial charge on any atom is 0.330 e. The minimum atomic E-state index is -1.31. The summed E-state index contributed by atoms with van der Waals surface area (Å²) in [6.07, 6.45) is -0.131. The molecule has 0 spiro atoms. The minimum Gasteiger partial charge on any atom is -0.479 e. The van der Waals surface area contributed by atoms with E-state index in [9.17, 15) is 23.9 Å². The van der Waals surface area contributed by atoms with E-state index < -0.39 is 29.8 Å². The number of carboxylic acids is 1. The summed E-state index contributed by atoms with van der Waals surface area (Å²) >= 11 is 0. The number of aliphatic carboxylic acids is 1. The van der Waals surface area contributed by atoms with Crippen LogP contribution in [0.2, 0.25) is 0 Å². The van der Waals surface area contributed by atoms with Gasteiger partial charge in [0.1, 0.15) is 5.82 Å². The summed E-state index contributed by atoms with van der Waals surface area (Å²) in [6.45, 7) is 2.86. The highest BCUT2D eigenvalue weighted by Crippen LogP contribution is 2.20. The first-order chi connectivity index (χ1) is 12.8. The summed E-state index contributed by atoms with van der Waals surface area (Å²) in [5.41, 5.74) is 1.28. The Morgan fingerprint density at radius 2 is 1.70 bits per heavy atom. The van der Waals surface area contributed by atoms with E-state index in [0.29, 0.717) is 0 Å². The van der Waals surface area contributed by atoms with Gasteiger partial charge in [-0.15, -0.1) is 0 Å². The molecule has 0 saturated heterocycles. The highest BCUT2D eigenvalue weighted by Gasteiger charge is 2.25. The monoisotopic (exact) mass is 372 g/mol. The zero-order valence-electron chi connectivity index (χ0n) is 15.0. The standard InChI is InChI=1S/C20H21FN2O4/c1-12-10-15(8-9-16(12)21)19(20(26)27)23-18(25)11-17(22-13(2)24)14-6-4-3-5-7-14/h3-10,17,19H,11H2,1-2H3,(H,22,24)(H,23,25)(H,26,27). The first kappa shape index (κ1) is 20.1. The number of hydrogen-bond donors (Lipinski definition) is 3. The molecular weight excluding hydrogens is 351 g/mol. The van der Waals surface area contributed by atoms with Crippen LogP contribution in [0.15, 0.2) is 48.5 Å². The molecule has 0 radical (unpaired) electrons. The molecule has 0 aliphatic carbocycles. The highest BCUT2D eigenvalue weighted by molar-refractivity contribution is 5.85. The Kier molecular flexibility index (Phi) is 6.65. The fourth-order valence-electron chi connectivity index (χ4n) is 2.72. The number of carbonyl (C=O) groups is 3. The molecule has 7 heteroatoms. The Morgan fingerprint density at radius 3 is 2.26 bits per heavy atom. The molecule has 0 saturated carbocycles. The van der Waals surface area contributed by atoms with Crippen molar-refractivity contribution in [2.75, 3.05) is 0 Å². The summed E-state index contributed by atoms with van der Waals surface area (Å²) in [5, 5.41) is 14.6. The van der Waals surface area contributed by atoms with Gasteiger partial charge >= 0.3 is 5.97 Å². The van der Waals surface area contributed by atoms with Crippen LogP contribution in [-0.2, 0) is 14.4 Å². The number of carbonyl (C=O) groups excluding carboxylic acids is 2. The number of hydrogen-bond acceptors (Lipinski definition) is 3. The van der Waals surface area contributed by atoms with Gasteiger partial charge in [0, 0.05) is 6.92 Å². The van der Waals surface area contributed by atoms with Crippen molar-refractivity contribution in [2.45, 2.75) is 32.4 Å². The molecule has 0 heterocycles. The van der Waals surface area contributed by atoms with Gasteiger partial charge in [-0.25, -0.2) is 9.18 Å². The smallest absolute Gasteiger partial charge is 0.330 e. The predicted molar refractivity (Wildman–Crippen MR) is 97.3 cm³/mol. The van der Waals surface area contributed by atoms with Crippen molar-refractivity contribution in [2.24, 2.45) is 0 Å². The fourth-order valence-corrected chi connectivity index (χ4v) is 2.72. The molecule has 0 aliphatic heterocycles. The van der Waals surface area contributed by atoms with Crippen molar-refractivity contribution in [1.82, 2.24) is 10.6 Å². The lowest BCUT2D eigenvalue weighted by Crippen LogP contribution is -2.37. The summed E-state index contributed by atoms with van der Waals surface area (Å²) in [5.74, 6) is -2.57. The number of rotatable bonds is 7. The summed E-state index contributed by atoms with van der Waals surface area (Å²) in [7, 11) is 0. The Labute approximate surface area is 156 Å². The second kappa shape index (κ2) is 8.93. The van der Waals surface area contributed by atoms with E-state index >= 15 is 0 Å². The summed E-state index contributed by atoms with van der Waals surface area (Å²) in [4.78, 5) is 35.5. The minimum absolute atomic E-state index is 0.131. The lowest BCUT2D eigenvalue weighted by molar-refractivity contribution is -0.142. The Balaban J connectivity index is 2.17. The largest absolute Gasteiger partial charge is 0.479 e. The quantitative estimate of drug-likeness (QED) is 0.696. The molecule has 6 nitrogen and oxygen atoms in total. The molecular formula is C20H21FN2O4. The molecule has 2 amide bonds. The molecule has 0 aromatic heterocycles. The predicted octanol–water partition coefficient (Wildman–Crippen LogP) is 2.64. The lowest BCUT2D eigenvalue weighted by Gasteiger charge is -2.20. The van der Waals surface area contributed by atoms with Gasteiger partial charge in [-0.2, -0.15) is 0 Å². The van der Waals surface area contributed by atoms with E-state index in [1.807, 2.05) is 6.07 Å². The third-order valence-corrected chi connectivity index (χ3v) is 4.04. The molecule has 0 fully saturated rings. The maximum atomic E-state index is 13.4. The van der Waals surface area contributed by atoms with E-state index in [-0.39, 0.29) is 23.5 Å². The Bertz CT molecular complexity index is 839. The van der Waals surface area contributed by atoms with Crippen LogP contribution in [-0.4, -0.2) is 22.9 Å². The topological polar surface area (TPSA) is 95.5 Å². The zero-order chi connectivity index (χ0) is 20.0. The average Bonchev–Trinajstić information content (AvgIpc) is 2.62. The van der Waals surface area contributed by atoms with Crippen molar-refractivity contribution in [3.8, 4) is 0 Å². The number of amides is 2. The SMILES string of the molecule is CC(=O)NC(CC(=O)NC(C(=O)O)c1ccc(F)c(C)c1)c1ccccc1. The van der Waals surface area contributed by atoms with Crippen molar-refractivity contribution >= 4 is 17.8 Å². The van der Waals surface area contributed by atoms with Crippen LogP contribution in [0, 0.1) is 12.7 Å². The van der Waals surface area contributed by atoms with Gasteiger partial charge in [-0.3, -0.25) is 9.59 Å². The number of halogens is 1. The van der Waals surface area contributed by atoms with E-state index in [2.05, 4.69) is 10.6 Å². The van der Waals surface area contributed by atoms with Crippen LogP contribution < -0.4 is 10.6 Å². The first-order valence-electron chi connectivity index (χ1n) is 8.38. The molecule has 2 atom stereocenters. The molecule has 2 unspecified atom stereocenters. The second-order valence-corrected chi connectivity index (χ2v) is 6.22. The van der Waals surface area contributed by atoms with E-state index in [1.54, 1.807) is 24.3 Å². The molecule has 2 aromatic rings. The normalized spacial score (nSPS) is 12.7. The summed E-state index contributed by atoms with van der Waals surface area (Å²) < 4.78 is 13.4. The number of aryl methyl sites for hydroxylation is 1. The molecule has 0 aliphatic rings. The van der Waals surface area contributed by atoms with Crippen molar-refractivity contribution in [1.29, 1.82) is 0 Å². The highest BCUT2D eigenvalue weighted by atomic mass is 19.1. The Hall–Kier alpha value is -3.22. The lowest BCUT2D eigenvalue weighted by atomic mass is 10.0. The summed E-state index contributed by atoms with van der Waals surface area (Å²) in [6, 6.07) is 10.9. The molecule has 0 bridgehead atoms. The van der Waals surface area contributed by atoms with Gasteiger partial charge in [0.2, 0.25) is 11.8 Å². The zero-order valence-corrected chi connectivity index (χ0v) is 15.0. The third kappa shape index (κ3) is 5.64. The van der Waals surface area contributed by atoms with E-state index in [4.69, 9.17) is 0 Å². The molecule has 142 valence electrons. The van der Waals surface area contributed by atoms with Gasteiger partial charge in [0.25, 0.3) is 0 Å². The molecule has 2 aromatic carbocycles. The number of carboxylic acid groups (broad SMARTS) is 1. The van der Waals surface area contributed by atoms with Crippen molar-refractivity contribution in [3.05, 3.63) is 71.0 Å². The van der Waals surface area contributed by atoms with E-state index in [1.165, 1.54) is 26.0 Å². The first-order valence-corrected chi connectivity index (χ1v) is 8.38. The van der Waals surface area contributed by atoms with Gasteiger partial charge < -0.3 is 15.7 Å². The van der Waals surface area contributed by atoms with E-state index in [0.717, 1.165) is 11.6 Å². The van der Waals surface area contributed by atoms with Crippen LogP contribution in [0.4, 0.5) is 4.39 Å². The fraction of sp³-hybridized carbons (Fsp3) is 0.250.